The first-order valence-corrected chi connectivity index (χ1v) is 10.1. The highest BCUT2D eigenvalue weighted by Gasteiger charge is 2.25. The molecule has 0 saturated heterocycles. The van der Waals surface area contributed by atoms with E-state index in [1.165, 1.54) is 11.8 Å². The number of halogens is 1. The van der Waals surface area contributed by atoms with Gasteiger partial charge in [0, 0.05) is 10.7 Å². The Labute approximate surface area is 173 Å². The molecule has 28 heavy (non-hydrogen) atoms. The maximum atomic E-state index is 11.8. The fourth-order valence-corrected chi connectivity index (χ4v) is 3.77. The van der Waals surface area contributed by atoms with Crippen LogP contribution in [0, 0.1) is 5.92 Å². The number of ether oxygens (including phenoxy) is 1. The number of para-hydroxylation sites is 1. The van der Waals surface area contributed by atoms with Gasteiger partial charge in [-0.2, -0.15) is 0 Å². The second-order valence-electron chi connectivity index (χ2n) is 6.50. The number of rotatable bonds is 8. The van der Waals surface area contributed by atoms with Crippen LogP contribution in [-0.4, -0.2) is 25.9 Å². The van der Waals surface area contributed by atoms with Crippen molar-refractivity contribution in [1.82, 2.24) is 14.8 Å². The zero-order valence-electron chi connectivity index (χ0n) is 15.6. The van der Waals surface area contributed by atoms with Gasteiger partial charge >= 0.3 is 0 Å². The molecule has 0 bridgehead atoms. The molecule has 1 atom stereocenters. The molecule has 1 unspecified atom stereocenters. The molecule has 3 rings (SSSR count). The number of thioether (sulfide) groups is 1. The molecular weight excluding hydrogens is 396 g/mol. The summed E-state index contributed by atoms with van der Waals surface area (Å²) in [5.41, 5.74) is 6.46. The van der Waals surface area contributed by atoms with E-state index < -0.39 is 5.25 Å². The second kappa shape index (κ2) is 9.12. The maximum Gasteiger partial charge on any atom is 0.231 e. The van der Waals surface area contributed by atoms with E-state index in [4.69, 9.17) is 22.1 Å². The van der Waals surface area contributed by atoms with E-state index in [1.54, 1.807) is 24.3 Å². The molecule has 0 aliphatic heterocycles. The molecule has 0 fully saturated rings. The molecule has 6 nitrogen and oxygen atoms in total. The molecule has 8 heteroatoms. The molecule has 0 aliphatic carbocycles. The van der Waals surface area contributed by atoms with Crippen molar-refractivity contribution >= 4 is 29.3 Å². The van der Waals surface area contributed by atoms with Crippen molar-refractivity contribution in [3.8, 4) is 11.4 Å². The van der Waals surface area contributed by atoms with Crippen molar-refractivity contribution in [2.75, 3.05) is 0 Å². The highest BCUT2D eigenvalue weighted by Crippen LogP contribution is 2.30. The topological polar surface area (TPSA) is 83.0 Å². The van der Waals surface area contributed by atoms with Crippen LogP contribution in [0.2, 0.25) is 5.02 Å². The van der Waals surface area contributed by atoms with Crippen LogP contribution in [0.15, 0.2) is 59.8 Å². The van der Waals surface area contributed by atoms with Gasteiger partial charge in [-0.05, 0) is 42.3 Å². The first kappa shape index (κ1) is 20.2. The van der Waals surface area contributed by atoms with Gasteiger partial charge in [0.25, 0.3) is 0 Å². The summed E-state index contributed by atoms with van der Waals surface area (Å²) in [6, 6.07) is 16.8. The Kier molecular flexibility index (Phi) is 6.59. The predicted octanol–water partition coefficient (Wildman–Crippen LogP) is 4.10. The number of nitrogens with two attached hydrogens (primary N) is 1. The number of primary amides is 1. The summed E-state index contributed by atoms with van der Waals surface area (Å²) in [6.45, 7) is 4.12. The number of carbonyl (C=O) groups is 1. The quantitative estimate of drug-likeness (QED) is 0.559. The van der Waals surface area contributed by atoms with Crippen LogP contribution >= 0.6 is 23.4 Å². The number of nitrogens with zero attached hydrogens (tertiary/aromatic N) is 3. The lowest BCUT2D eigenvalue weighted by Gasteiger charge is -2.17. The number of hydrogen-bond donors (Lipinski definition) is 1. The highest BCUT2D eigenvalue weighted by atomic mass is 35.5. The molecule has 0 saturated carbocycles. The third-order valence-corrected chi connectivity index (χ3v) is 5.77. The van der Waals surface area contributed by atoms with E-state index in [1.807, 2.05) is 48.7 Å². The predicted molar refractivity (Wildman–Crippen MR) is 111 cm³/mol. The summed E-state index contributed by atoms with van der Waals surface area (Å²) in [5, 5.41) is 9.41. The number of benzene rings is 2. The minimum absolute atomic E-state index is 0.0668. The molecule has 1 aromatic heterocycles. The Bertz CT molecular complexity index is 929. The molecule has 3 aromatic rings. The lowest BCUT2D eigenvalue weighted by Crippen LogP contribution is -2.30. The number of aromatic nitrogens is 3. The number of amides is 1. The third kappa shape index (κ3) is 4.85. The van der Waals surface area contributed by atoms with Crippen LogP contribution in [0.4, 0.5) is 0 Å². The molecule has 146 valence electrons. The highest BCUT2D eigenvalue weighted by molar-refractivity contribution is 8.00. The van der Waals surface area contributed by atoms with Crippen molar-refractivity contribution < 1.29 is 9.53 Å². The van der Waals surface area contributed by atoms with E-state index >= 15 is 0 Å². The first-order chi connectivity index (χ1) is 13.5. The molecule has 0 aliphatic rings. The van der Waals surface area contributed by atoms with Crippen LogP contribution in [-0.2, 0) is 11.4 Å². The van der Waals surface area contributed by atoms with E-state index in [0.717, 1.165) is 5.69 Å². The van der Waals surface area contributed by atoms with Gasteiger partial charge in [0.1, 0.15) is 12.4 Å². The van der Waals surface area contributed by atoms with Crippen molar-refractivity contribution in [1.29, 1.82) is 0 Å². The largest absolute Gasteiger partial charge is 0.486 e. The minimum atomic E-state index is -0.406. The van der Waals surface area contributed by atoms with Crippen LogP contribution < -0.4 is 10.5 Å². The van der Waals surface area contributed by atoms with Gasteiger partial charge < -0.3 is 10.5 Å². The van der Waals surface area contributed by atoms with E-state index in [2.05, 4.69) is 10.2 Å². The van der Waals surface area contributed by atoms with Crippen LogP contribution in [0.3, 0.4) is 0 Å². The van der Waals surface area contributed by atoms with Gasteiger partial charge in [0.2, 0.25) is 5.91 Å². The monoisotopic (exact) mass is 416 g/mol. The molecular formula is C20H21ClN4O2S. The van der Waals surface area contributed by atoms with Crippen LogP contribution in [0.1, 0.15) is 19.7 Å². The van der Waals surface area contributed by atoms with Gasteiger partial charge in [-0.15, -0.1) is 10.2 Å². The lowest BCUT2D eigenvalue weighted by atomic mass is 10.1. The van der Waals surface area contributed by atoms with Gasteiger partial charge in [0.15, 0.2) is 11.0 Å². The summed E-state index contributed by atoms with van der Waals surface area (Å²) in [6.07, 6.45) is 0. The zero-order chi connectivity index (χ0) is 20.1. The average molecular weight is 417 g/mol. The van der Waals surface area contributed by atoms with Crippen molar-refractivity contribution in [2.24, 2.45) is 11.7 Å². The lowest BCUT2D eigenvalue weighted by molar-refractivity contribution is -0.118. The first-order valence-electron chi connectivity index (χ1n) is 8.79. The molecule has 1 heterocycles. The minimum Gasteiger partial charge on any atom is -0.486 e. The van der Waals surface area contributed by atoms with Crippen LogP contribution in [0.5, 0.6) is 5.75 Å². The van der Waals surface area contributed by atoms with Crippen molar-refractivity contribution in [2.45, 2.75) is 30.9 Å². The summed E-state index contributed by atoms with van der Waals surface area (Å²) in [4.78, 5) is 11.8. The Balaban J connectivity index is 1.90. The van der Waals surface area contributed by atoms with Gasteiger partial charge in [0.05, 0.1) is 5.25 Å². The summed E-state index contributed by atoms with van der Waals surface area (Å²) < 4.78 is 7.73. The molecule has 1 amide bonds. The number of hydrogen-bond acceptors (Lipinski definition) is 5. The Morgan fingerprint density at radius 1 is 1.14 bits per heavy atom. The van der Waals surface area contributed by atoms with E-state index in [-0.39, 0.29) is 18.4 Å². The fourth-order valence-electron chi connectivity index (χ4n) is 2.62. The summed E-state index contributed by atoms with van der Waals surface area (Å²) >= 11 is 7.23. The van der Waals surface area contributed by atoms with Gasteiger partial charge in [-0.3, -0.25) is 9.36 Å². The molecule has 0 radical (unpaired) electrons. The Morgan fingerprint density at radius 3 is 2.43 bits per heavy atom. The average Bonchev–Trinajstić information content (AvgIpc) is 3.08. The summed E-state index contributed by atoms with van der Waals surface area (Å²) in [7, 11) is 0. The normalized spacial score (nSPS) is 12.1. The van der Waals surface area contributed by atoms with Crippen LogP contribution in [0.25, 0.3) is 5.69 Å². The standard InChI is InChI=1S/C20H21ClN4O2S/c1-13(2)18(19(22)26)28-20-24-23-17(25(20)15-6-4-3-5-7-15)12-27-16-10-8-14(21)9-11-16/h3-11,13,18H,12H2,1-2H3,(H2,22,26). The van der Waals surface area contributed by atoms with Crippen molar-refractivity contribution in [3.05, 3.63) is 65.4 Å². The molecule has 2 aromatic carbocycles. The smallest absolute Gasteiger partial charge is 0.231 e. The fraction of sp³-hybridized carbons (Fsp3) is 0.250. The van der Waals surface area contributed by atoms with Crippen molar-refractivity contribution in [3.63, 3.8) is 0 Å². The Hall–Kier alpha value is -2.51. The third-order valence-electron chi connectivity index (χ3n) is 4.01. The second-order valence-corrected chi connectivity index (χ2v) is 8.04. The maximum absolute atomic E-state index is 11.8. The van der Waals surface area contributed by atoms with E-state index in [0.29, 0.717) is 21.8 Å². The van der Waals surface area contributed by atoms with Gasteiger partial charge in [-0.25, -0.2) is 0 Å². The van der Waals surface area contributed by atoms with E-state index in [9.17, 15) is 4.79 Å². The number of carbonyl (C=O) groups excluding carboxylic acids is 1. The molecule has 0 spiro atoms. The van der Waals surface area contributed by atoms with Gasteiger partial charge in [-0.1, -0.05) is 55.4 Å². The molecule has 2 N–H and O–H groups in total. The summed E-state index contributed by atoms with van der Waals surface area (Å²) in [5.74, 6) is 0.993. The zero-order valence-corrected chi connectivity index (χ0v) is 17.2. The Morgan fingerprint density at radius 2 is 1.82 bits per heavy atom. The SMILES string of the molecule is CC(C)C(Sc1nnc(COc2ccc(Cl)cc2)n1-c1ccccc1)C(N)=O.